The van der Waals surface area contributed by atoms with Crippen LogP contribution < -0.4 is 22.1 Å². The van der Waals surface area contributed by atoms with Crippen LogP contribution in [0.1, 0.15) is 32.4 Å². The highest BCUT2D eigenvalue weighted by Crippen LogP contribution is 2.02. The monoisotopic (exact) mass is 490 g/mol. The number of hydrogen-bond acceptors (Lipinski definition) is 5. The molecular formula is C23H37ClF2N4O3. The number of hydrogen-bond donors (Lipinski definition) is 4. The first kappa shape index (κ1) is 35.0. The SMILES string of the molecule is C.CCOCC.Cl.NCC(=O)NCc1ccc(F)cc1.NCC(=O)NCc1ccc(F)cc1. The zero-order valence-electron chi connectivity index (χ0n) is 18.4. The van der Waals surface area contributed by atoms with Crippen LogP contribution in [-0.4, -0.2) is 38.1 Å². The number of nitrogens with two attached hydrogens (primary N) is 2. The van der Waals surface area contributed by atoms with Gasteiger partial charge in [-0.15, -0.1) is 12.4 Å². The lowest BCUT2D eigenvalue weighted by molar-refractivity contribution is -0.120. The first-order valence-electron chi connectivity index (χ1n) is 9.86. The Balaban J connectivity index is -0.000000433. The summed E-state index contributed by atoms with van der Waals surface area (Å²) in [5.41, 5.74) is 11.9. The molecule has 0 aromatic heterocycles. The summed E-state index contributed by atoms with van der Waals surface area (Å²) in [5, 5.41) is 5.16. The summed E-state index contributed by atoms with van der Waals surface area (Å²) >= 11 is 0. The average Bonchev–Trinajstić information content (AvgIpc) is 2.79. The predicted molar refractivity (Wildman–Crippen MR) is 131 cm³/mol. The van der Waals surface area contributed by atoms with Crippen LogP contribution in [0.25, 0.3) is 0 Å². The Morgan fingerprint density at radius 1 is 0.758 bits per heavy atom. The fraction of sp³-hybridized carbons (Fsp3) is 0.391. The quantitative estimate of drug-likeness (QED) is 0.453. The Labute approximate surface area is 201 Å². The van der Waals surface area contributed by atoms with Crippen molar-refractivity contribution < 1.29 is 23.1 Å². The molecule has 10 heteroatoms. The van der Waals surface area contributed by atoms with Gasteiger partial charge in [0.15, 0.2) is 0 Å². The van der Waals surface area contributed by atoms with Gasteiger partial charge in [0.2, 0.25) is 11.8 Å². The molecule has 0 aliphatic rings. The zero-order chi connectivity index (χ0) is 23.5. The number of benzene rings is 2. The number of halogens is 3. The third-order valence-electron chi connectivity index (χ3n) is 3.58. The van der Waals surface area contributed by atoms with Crippen molar-refractivity contribution in [2.24, 2.45) is 11.5 Å². The normalized spacial score (nSPS) is 8.91. The molecule has 6 N–H and O–H groups in total. The molecule has 2 rings (SSSR count). The Kier molecular flexibility index (Phi) is 24.0. The van der Waals surface area contributed by atoms with Crippen LogP contribution >= 0.6 is 12.4 Å². The van der Waals surface area contributed by atoms with Gasteiger partial charge in [-0.3, -0.25) is 9.59 Å². The summed E-state index contributed by atoms with van der Waals surface area (Å²) in [5.74, 6) is -1.00. The number of amides is 2. The molecule has 0 radical (unpaired) electrons. The van der Waals surface area contributed by atoms with E-state index in [4.69, 9.17) is 16.2 Å². The minimum atomic E-state index is -0.283. The topological polar surface area (TPSA) is 119 Å². The van der Waals surface area contributed by atoms with Crippen molar-refractivity contribution >= 4 is 24.2 Å². The predicted octanol–water partition coefficient (Wildman–Crippen LogP) is 2.90. The molecular weight excluding hydrogens is 454 g/mol. The first-order chi connectivity index (χ1) is 14.9. The molecule has 0 heterocycles. The zero-order valence-corrected chi connectivity index (χ0v) is 19.2. The molecule has 0 atom stereocenters. The maximum absolute atomic E-state index is 12.4. The van der Waals surface area contributed by atoms with Gasteiger partial charge in [-0.25, -0.2) is 8.78 Å². The van der Waals surface area contributed by atoms with E-state index in [0.29, 0.717) is 13.1 Å². The number of carbonyl (C=O) groups excluding carboxylic acids is 2. The van der Waals surface area contributed by atoms with E-state index >= 15 is 0 Å². The van der Waals surface area contributed by atoms with E-state index in [1.807, 2.05) is 13.8 Å². The lowest BCUT2D eigenvalue weighted by Gasteiger charge is -2.02. The smallest absolute Gasteiger partial charge is 0.234 e. The Hall–Kier alpha value is -2.59. The van der Waals surface area contributed by atoms with Crippen LogP contribution in [0.2, 0.25) is 0 Å². The van der Waals surface area contributed by atoms with Gasteiger partial charge in [-0.1, -0.05) is 31.7 Å². The second-order valence-electron chi connectivity index (χ2n) is 6.00. The number of nitrogens with one attached hydrogen (secondary N) is 2. The maximum atomic E-state index is 12.4. The van der Waals surface area contributed by atoms with Crippen molar-refractivity contribution in [3.8, 4) is 0 Å². The van der Waals surface area contributed by atoms with Gasteiger partial charge in [0.05, 0.1) is 13.1 Å². The second-order valence-corrected chi connectivity index (χ2v) is 6.00. The minimum absolute atomic E-state index is 0. The van der Waals surface area contributed by atoms with Crippen molar-refractivity contribution in [1.82, 2.24) is 10.6 Å². The number of ether oxygens (including phenoxy) is 1. The van der Waals surface area contributed by atoms with Crippen molar-refractivity contribution in [1.29, 1.82) is 0 Å². The van der Waals surface area contributed by atoms with Gasteiger partial charge < -0.3 is 26.8 Å². The Morgan fingerprint density at radius 2 is 1.06 bits per heavy atom. The van der Waals surface area contributed by atoms with Gasteiger partial charge in [0, 0.05) is 26.3 Å². The molecule has 0 saturated carbocycles. The molecule has 0 spiro atoms. The largest absolute Gasteiger partial charge is 0.382 e. The van der Waals surface area contributed by atoms with E-state index in [1.165, 1.54) is 24.3 Å². The van der Waals surface area contributed by atoms with Crippen molar-refractivity contribution in [2.75, 3.05) is 26.3 Å². The van der Waals surface area contributed by atoms with E-state index in [1.54, 1.807) is 24.3 Å². The summed E-state index contributed by atoms with van der Waals surface area (Å²) in [4.78, 5) is 21.5. The Morgan fingerprint density at radius 3 is 1.27 bits per heavy atom. The average molecular weight is 491 g/mol. The minimum Gasteiger partial charge on any atom is -0.382 e. The molecule has 0 unspecified atom stereocenters. The van der Waals surface area contributed by atoms with Crippen LogP contribution in [0.5, 0.6) is 0 Å². The third-order valence-corrected chi connectivity index (χ3v) is 3.58. The molecule has 0 bridgehead atoms. The second kappa shape index (κ2) is 22.6. The molecule has 33 heavy (non-hydrogen) atoms. The van der Waals surface area contributed by atoms with Gasteiger partial charge in [0.1, 0.15) is 11.6 Å². The summed E-state index contributed by atoms with van der Waals surface area (Å²) in [7, 11) is 0. The van der Waals surface area contributed by atoms with Crippen LogP contribution in [0.3, 0.4) is 0 Å². The Bertz CT molecular complexity index is 685. The standard InChI is InChI=1S/2C9H11FN2O.C4H10O.CH4.ClH/c2*10-8-3-1-7(2-4-8)6-12-9(13)5-11;1-3-5-4-2;;/h2*1-4H,5-6,11H2,(H,12,13);3-4H2,1-2H3;1H4;1H. The van der Waals surface area contributed by atoms with Gasteiger partial charge >= 0.3 is 0 Å². The highest BCUT2D eigenvalue weighted by atomic mass is 35.5. The molecule has 0 saturated heterocycles. The van der Waals surface area contributed by atoms with Crippen molar-refractivity contribution in [3.63, 3.8) is 0 Å². The molecule has 0 fully saturated rings. The highest BCUT2D eigenvalue weighted by molar-refractivity contribution is 5.85. The van der Waals surface area contributed by atoms with Crippen LogP contribution in [0.4, 0.5) is 8.78 Å². The van der Waals surface area contributed by atoms with E-state index in [2.05, 4.69) is 10.6 Å². The van der Waals surface area contributed by atoms with Crippen LogP contribution in [0, 0.1) is 11.6 Å². The molecule has 0 aliphatic carbocycles. The molecule has 7 nitrogen and oxygen atoms in total. The maximum Gasteiger partial charge on any atom is 0.234 e. The molecule has 2 aromatic rings. The van der Waals surface area contributed by atoms with E-state index in [0.717, 1.165) is 24.3 Å². The van der Waals surface area contributed by atoms with Crippen molar-refractivity contribution in [2.45, 2.75) is 34.4 Å². The lowest BCUT2D eigenvalue weighted by Crippen LogP contribution is -2.29. The van der Waals surface area contributed by atoms with E-state index in [9.17, 15) is 18.4 Å². The summed E-state index contributed by atoms with van der Waals surface area (Å²) in [6, 6.07) is 11.9. The van der Waals surface area contributed by atoms with Crippen LogP contribution in [0.15, 0.2) is 48.5 Å². The lowest BCUT2D eigenvalue weighted by atomic mass is 10.2. The van der Waals surface area contributed by atoms with Gasteiger partial charge in [0.25, 0.3) is 0 Å². The molecule has 188 valence electrons. The fourth-order valence-corrected chi connectivity index (χ4v) is 1.95. The van der Waals surface area contributed by atoms with Crippen molar-refractivity contribution in [3.05, 3.63) is 71.3 Å². The summed E-state index contributed by atoms with van der Waals surface area (Å²) in [6.45, 7) is 6.38. The summed E-state index contributed by atoms with van der Waals surface area (Å²) in [6.07, 6.45) is 0. The highest BCUT2D eigenvalue weighted by Gasteiger charge is 1.98. The first-order valence-corrected chi connectivity index (χ1v) is 9.86. The van der Waals surface area contributed by atoms with E-state index < -0.39 is 0 Å². The number of carbonyl (C=O) groups is 2. The van der Waals surface area contributed by atoms with E-state index in [-0.39, 0.29) is 56.4 Å². The van der Waals surface area contributed by atoms with Gasteiger partial charge in [-0.05, 0) is 49.2 Å². The van der Waals surface area contributed by atoms with Crippen LogP contribution in [-0.2, 0) is 27.4 Å². The fourth-order valence-electron chi connectivity index (χ4n) is 1.95. The molecule has 0 aliphatic heterocycles. The molecule has 2 amide bonds. The molecule has 2 aromatic carbocycles. The summed E-state index contributed by atoms with van der Waals surface area (Å²) < 4.78 is 29.7. The van der Waals surface area contributed by atoms with Gasteiger partial charge in [-0.2, -0.15) is 0 Å². The third kappa shape index (κ3) is 19.8. The number of rotatable bonds is 8.